The Morgan fingerprint density at radius 1 is 1.29 bits per heavy atom. The van der Waals surface area contributed by atoms with Crippen LogP contribution in [0.15, 0.2) is 28.1 Å². The molecule has 0 aliphatic carbocycles. The highest BCUT2D eigenvalue weighted by Crippen LogP contribution is 2.31. The number of guanidine groups is 1. The number of carbonyl (C=O) groups excluding carboxylic acids is 1. The molecule has 7 N–H and O–H groups in total. The number of likely N-dealkylation sites (tertiary alicyclic amines) is 1. The standard InChI is InChI=1S/C23H36N6O5S/c1-14-8-10-29(18(12-14)22(31)32)21(30)17(6-4-9-26-23(24)25)28-35(33,34)19-7-3-5-16-11-15(2)13-27-20(16)19/h3,5,7,14-15,17-18,27-28H,4,6,8-13H2,1-2H3,(H,31,32)(H4,24,25,26)/t14-,15?,17?,18+/m1/s1. The third-order valence-corrected chi connectivity index (χ3v) is 8.09. The van der Waals surface area contributed by atoms with Crippen LogP contribution in [-0.4, -0.2) is 68.0 Å². The minimum absolute atomic E-state index is 0.0750. The van der Waals surface area contributed by atoms with Gasteiger partial charge in [0, 0.05) is 19.6 Å². The summed E-state index contributed by atoms with van der Waals surface area (Å²) in [5.41, 5.74) is 12.2. The van der Waals surface area contributed by atoms with Crippen LogP contribution in [0.2, 0.25) is 0 Å². The number of aliphatic carboxylic acids is 1. The SMILES string of the molecule is CC1CNc2c(cccc2S(=O)(=O)NC(CCCN=C(N)N)C(=O)N2CC[C@@H](C)C[C@H]2C(=O)O)C1. The number of nitrogens with zero attached hydrogens (tertiary/aromatic N) is 2. The van der Waals surface area contributed by atoms with Gasteiger partial charge in [-0.25, -0.2) is 13.2 Å². The molecule has 2 unspecified atom stereocenters. The molecule has 1 fully saturated rings. The van der Waals surface area contributed by atoms with Crippen LogP contribution in [0.25, 0.3) is 0 Å². The highest BCUT2D eigenvalue weighted by molar-refractivity contribution is 7.89. The molecule has 2 aliphatic rings. The third-order valence-electron chi connectivity index (χ3n) is 6.57. The largest absolute Gasteiger partial charge is 0.480 e. The van der Waals surface area contributed by atoms with E-state index in [-0.39, 0.29) is 36.3 Å². The monoisotopic (exact) mass is 508 g/mol. The molecule has 1 aromatic rings. The molecule has 11 nitrogen and oxygen atoms in total. The fraction of sp³-hybridized carbons (Fsp3) is 0.609. The molecule has 2 heterocycles. The molecule has 12 heteroatoms. The molecular formula is C23H36N6O5S. The number of hydrogen-bond donors (Lipinski definition) is 5. The number of sulfonamides is 1. The molecule has 2 aliphatic heterocycles. The summed E-state index contributed by atoms with van der Waals surface area (Å²) >= 11 is 0. The molecule has 0 spiro atoms. The zero-order valence-electron chi connectivity index (χ0n) is 20.2. The number of piperidine rings is 1. The molecule has 0 bridgehead atoms. The average Bonchev–Trinajstić information content (AvgIpc) is 2.79. The number of carboxylic acids is 1. The second kappa shape index (κ2) is 11.3. The van der Waals surface area contributed by atoms with E-state index in [1.54, 1.807) is 6.07 Å². The van der Waals surface area contributed by atoms with E-state index >= 15 is 0 Å². The van der Waals surface area contributed by atoms with Crippen molar-refractivity contribution < 1.29 is 23.1 Å². The van der Waals surface area contributed by atoms with Gasteiger partial charge >= 0.3 is 5.97 Å². The van der Waals surface area contributed by atoms with Crippen molar-refractivity contribution in [3.8, 4) is 0 Å². The first kappa shape index (κ1) is 26.7. The maximum Gasteiger partial charge on any atom is 0.326 e. The molecule has 4 atom stereocenters. The summed E-state index contributed by atoms with van der Waals surface area (Å²) in [5.74, 6) is -1.22. The summed E-state index contributed by atoms with van der Waals surface area (Å²) < 4.78 is 29.5. The number of hydrogen-bond acceptors (Lipinski definition) is 6. The highest BCUT2D eigenvalue weighted by atomic mass is 32.2. The lowest BCUT2D eigenvalue weighted by atomic mass is 9.91. The lowest BCUT2D eigenvalue weighted by molar-refractivity contribution is -0.153. The van der Waals surface area contributed by atoms with Gasteiger partial charge in [0.1, 0.15) is 17.0 Å². The molecule has 1 amide bonds. The Bertz CT molecular complexity index is 1070. The summed E-state index contributed by atoms with van der Waals surface area (Å²) in [6, 6.07) is 2.94. The van der Waals surface area contributed by atoms with Gasteiger partial charge in [0.2, 0.25) is 15.9 Å². The lowest BCUT2D eigenvalue weighted by Gasteiger charge is -2.38. The van der Waals surface area contributed by atoms with Crippen molar-refractivity contribution in [2.24, 2.45) is 28.3 Å². The summed E-state index contributed by atoms with van der Waals surface area (Å²) in [5, 5.41) is 12.9. The van der Waals surface area contributed by atoms with Crippen LogP contribution >= 0.6 is 0 Å². The van der Waals surface area contributed by atoms with Crippen molar-refractivity contribution in [1.82, 2.24) is 9.62 Å². The minimum Gasteiger partial charge on any atom is -0.480 e. The Kier molecular flexibility index (Phi) is 8.60. The quantitative estimate of drug-likeness (QED) is 0.184. The second-order valence-electron chi connectivity index (χ2n) is 9.62. The summed E-state index contributed by atoms with van der Waals surface area (Å²) in [6.07, 6.45) is 2.17. The Hall–Kier alpha value is -2.86. The van der Waals surface area contributed by atoms with Crippen LogP contribution in [0.4, 0.5) is 5.69 Å². The molecule has 35 heavy (non-hydrogen) atoms. The predicted molar refractivity (Wildman–Crippen MR) is 133 cm³/mol. The van der Waals surface area contributed by atoms with Crippen LogP contribution < -0.4 is 21.5 Å². The molecule has 0 saturated carbocycles. The van der Waals surface area contributed by atoms with Crippen molar-refractivity contribution in [3.05, 3.63) is 23.8 Å². The van der Waals surface area contributed by atoms with Gasteiger partial charge in [-0.05, 0) is 55.6 Å². The van der Waals surface area contributed by atoms with Crippen molar-refractivity contribution >= 4 is 33.5 Å². The van der Waals surface area contributed by atoms with Gasteiger partial charge in [0.05, 0.1) is 5.69 Å². The second-order valence-corrected chi connectivity index (χ2v) is 11.3. The van der Waals surface area contributed by atoms with Gasteiger partial charge in [-0.2, -0.15) is 4.72 Å². The van der Waals surface area contributed by atoms with E-state index in [9.17, 15) is 23.1 Å². The molecule has 3 rings (SSSR count). The normalized spacial score (nSPS) is 23.0. The van der Waals surface area contributed by atoms with E-state index in [2.05, 4.69) is 22.0 Å². The molecule has 0 aromatic heterocycles. The van der Waals surface area contributed by atoms with Gasteiger partial charge in [0.25, 0.3) is 0 Å². The van der Waals surface area contributed by atoms with Gasteiger partial charge < -0.3 is 26.8 Å². The Labute approximate surface area is 206 Å². The van der Waals surface area contributed by atoms with Gasteiger partial charge in [-0.3, -0.25) is 9.79 Å². The fourth-order valence-electron chi connectivity index (χ4n) is 4.72. The highest BCUT2D eigenvalue weighted by Gasteiger charge is 2.39. The van der Waals surface area contributed by atoms with Crippen molar-refractivity contribution in [1.29, 1.82) is 0 Å². The van der Waals surface area contributed by atoms with E-state index in [1.165, 1.54) is 11.0 Å². The first-order chi connectivity index (χ1) is 16.5. The third kappa shape index (κ3) is 6.63. The number of carbonyl (C=O) groups is 2. The summed E-state index contributed by atoms with van der Waals surface area (Å²) in [4.78, 5) is 30.7. The minimum atomic E-state index is -4.10. The maximum absolute atomic E-state index is 13.5. The van der Waals surface area contributed by atoms with Gasteiger partial charge in [-0.15, -0.1) is 0 Å². The number of rotatable bonds is 9. The van der Waals surface area contributed by atoms with Crippen LogP contribution in [-0.2, 0) is 26.0 Å². The molecular weight excluding hydrogens is 472 g/mol. The summed E-state index contributed by atoms with van der Waals surface area (Å²) in [6.45, 7) is 5.14. The smallest absolute Gasteiger partial charge is 0.326 e. The number of benzene rings is 1. The zero-order valence-corrected chi connectivity index (χ0v) is 21.1. The Morgan fingerprint density at radius 3 is 2.71 bits per heavy atom. The number of para-hydroxylation sites is 1. The number of aliphatic imine (C=N–C) groups is 1. The number of carboxylic acid groups (broad SMARTS) is 1. The van der Waals surface area contributed by atoms with E-state index in [0.717, 1.165) is 12.0 Å². The number of amides is 1. The van der Waals surface area contributed by atoms with E-state index in [1.807, 2.05) is 13.0 Å². The van der Waals surface area contributed by atoms with E-state index < -0.39 is 34.0 Å². The van der Waals surface area contributed by atoms with Crippen molar-refractivity contribution in [2.45, 2.75) is 62.9 Å². The van der Waals surface area contributed by atoms with Gasteiger partial charge in [-0.1, -0.05) is 26.0 Å². The molecule has 194 valence electrons. The van der Waals surface area contributed by atoms with Crippen molar-refractivity contribution in [3.63, 3.8) is 0 Å². The molecule has 1 saturated heterocycles. The molecule has 0 radical (unpaired) electrons. The topological polar surface area (TPSA) is 180 Å². The first-order valence-electron chi connectivity index (χ1n) is 12.0. The first-order valence-corrected chi connectivity index (χ1v) is 13.4. The van der Waals surface area contributed by atoms with Crippen LogP contribution in [0.5, 0.6) is 0 Å². The van der Waals surface area contributed by atoms with E-state index in [4.69, 9.17) is 11.5 Å². The number of fused-ring (bicyclic) bond motifs is 1. The average molecular weight is 509 g/mol. The fourth-order valence-corrected chi connectivity index (χ4v) is 6.17. The van der Waals surface area contributed by atoms with Crippen LogP contribution in [0.1, 0.15) is 45.1 Å². The van der Waals surface area contributed by atoms with E-state index in [0.29, 0.717) is 37.4 Å². The number of nitrogens with one attached hydrogen (secondary N) is 2. The molecule has 1 aromatic carbocycles. The van der Waals surface area contributed by atoms with Crippen LogP contribution in [0, 0.1) is 11.8 Å². The zero-order chi connectivity index (χ0) is 25.8. The van der Waals surface area contributed by atoms with Crippen molar-refractivity contribution in [2.75, 3.05) is 25.0 Å². The lowest BCUT2D eigenvalue weighted by Crippen LogP contribution is -2.56. The number of nitrogens with two attached hydrogens (primary N) is 2. The number of anilines is 1. The Balaban J connectivity index is 1.88. The van der Waals surface area contributed by atoms with Gasteiger partial charge in [0.15, 0.2) is 5.96 Å². The Morgan fingerprint density at radius 2 is 2.03 bits per heavy atom. The predicted octanol–water partition coefficient (Wildman–Crippen LogP) is 0.703. The summed E-state index contributed by atoms with van der Waals surface area (Å²) in [7, 11) is -4.10. The maximum atomic E-state index is 13.5. The van der Waals surface area contributed by atoms with Crippen LogP contribution in [0.3, 0.4) is 0 Å².